The van der Waals surface area contributed by atoms with Crippen LogP contribution in [0.25, 0.3) is 0 Å². The highest BCUT2D eigenvalue weighted by molar-refractivity contribution is 8.04. The van der Waals surface area contributed by atoms with Crippen molar-refractivity contribution in [3.63, 3.8) is 0 Å². The van der Waals surface area contributed by atoms with Crippen molar-refractivity contribution in [1.82, 2.24) is 0 Å². The number of para-hydroxylation sites is 1. The number of carbonyl (C=O) groups excluding carboxylic acids is 1. The van der Waals surface area contributed by atoms with Gasteiger partial charge in [0.05, 0.1) is 10.8 Å². The second-order valence-electron chi connectivity index (χ2n) is 4.03. The molecule has 17 heavy (non-hydrogen) atoms. The number of anilines is 1. The number of hydrogen-bond acceptors (Lipinski definition) is 4. The third-order valence-electron chi connectivity index (χ3n) is 3.08. The van der Waals surface area contributed by atoms with E-state index in [0.29, 0.717) is 11.3 Å². The van der Waals surface area contributed by atoms with Gasteiger partial charge in [0.15, 0.2) is 5.78 Å². The quantitative estimate of drug-likeness (QED) is 0.756. The van der Waals surface area contributed by atoms with E-state index in [2.05, 4.69) is 11.0 Å². The number of hydrogen-bond donors (Lipinski definition) is 0. The van der Waals surface area contributed by atoms with E-state index in [1.165, 1.54) is 17.3 Å². The van der Waals surface area contributed by atoms with Gasteiger partial charge >= 0.3 is 0 Å². The highest BCUT2D eigenvalue weighted by Gasteiger charge is 2.31. The molecule has 0 saturated carbocycles. The zero-order valence-electron chi connectivity index (χ0n) is 9.14. The van der Waals surface area contributed by atoms with Crippen LogP contribution in [0.15, 0.2) is 34.9 Å². The standard InChI is InChI=1S/C13H10N2OS/c14-7-10-12(16)8-17-13(10)15-6-5-9-3-1-2-4-11(9)15/h1-4H,5-6,8H2. The van der Waals surface area contributed by atoms with Gasteiger partial charge in [0, 0.05) is 12.2 Å². The highest BCUT2D eigenvalue weighted by Crippen LogP contribution is 2.39. The first kappa shape index (κ1) is 10.4. The van der Waals surface area contributed by atoms with Crippen molar-refractivity contribution in [2.75, 3.05) is 17.2 Å². The van der Waals surface area contributed by atoms with E-state index >= 15 is 0 Å². The smallest absolute Gasteiger partial charge is 0.186 e. The van der Waals surface area contributed by atoms with Crippen LogP contribution in [0.1, 0.15) is 5.56 Å². The molecule has 2 heterocycles. The average Bonchev–Trinajstić information content (AvgIpc) is 2.92. The Kier molecular flexibility index (Phi) is 2.41. The van der Waals surface area contributed by atoms with E-state index in [4.69, 9.17) is 5.26 Å². The lowest BCUT2D eigenvalue weighted by Gasteiger charge is -2.19. The van der Waals surface area contributed by atoms with Crippen LogP contribution in [0.2, 0.25) is 0 Å². The molecule has 0 radical (unpaired) electrons. The van der Waals surface area contributed by atoms with Gasteiger partial charge in [-0.3, -0.25) is 4.79 Å². The maximum atomic E-state index is 11.6. The molecule has 0 N–H and O–H groups in total. The Morgan fingerprint density at radius 3 is 3.00 bits per heavy atom. The Labute approximate surface area is 104 Å². The fourth-order valence-corrected chi connectivity index (χ4v) is 3.33. The van der Waals surface area contributed by atoms with E-state index in [-0.39, 0.29) is 5.78 Å². The Bertz CT molecular complexity index is 571. The minimum atomic E-state index is -0.0446. The van der Waals surface area contributed by atoms with Crippen LogP contribution in [-0.4, -0.2) is 18.1 Å². The minimum absolute atomic E-state index is 0.0446. The van der Waals surface area contributed by atoms with E-state index < -0.39 is 0 Å². The number of fused-ring (bicyclic) bond motifs is 1. The van der Waals surface area contributed by atoms with Crippen LogP contribution in [-0.2, 0) is 11.2 Å². The molecule has 0 amide bonds. The molecule has 3 nitrogen and oxygen atoms in total. The molecule has 4 heteroatoms. The molecular formula is C13H10N2OS. The Hall–Kier alpha value is -1.73. The van der Waals surface area contributed by atoms with Gasteiger partial charge in [0.1, 0.15) is 11.6 Å². The predicted molar refractivity (Wildman–Crippen MR) is 67.6 cm³/mol. The fourth-order valence-electron chi connectivity index (χ4n) is 2.27. The molecule has 2 aliphatic rings. The summed E-state index contributed by atoms with van der Waals surface area (Å²) in [4.78, 5) is 13.7. The van der Waals surface area contributed by atoms with Crippen LogP contribution in [0.3, 0.4) is 0 Å². The summed E-state index contributed by atoms with van der Waals surface area (Å²) in [5.41, 5.74) is 2.75. The maximum absolute atomic E-state index is 11.6. The van der Waals surface area contributed by atoms with Crippen LogP contribution in [0.5, 0.6) is 0 Å². The molecule has 0 fully saturated rings. The molecular weight excluding hydrogens is 232 g/mol. The maximum Gasteiger partial charge on any atom is 0.186 e. The number of rotatable bonds is 1. The van der Waals surface area contributed by atoms with Crippen LogP contribution in [0, 0.1) is 11.3 Å². The molecule has 84 valence electrons. The number of thioether (sulfide) groups is 1. The number of benzene rings is 1. The van der Waals surface area contributed by atoms with E-state index in [1.807, 2.05) is 24.3 Å². The summed E-state index contributed by atoms with van der Waals surface area (Å²) in [6.07, 6.45) is 0.979. The SMILES string of the molecule is N#CC1=C(N2CCc3ccccc32)SCC1=O. The first-order valence-electron chi connectivity index (χ1n) is 5.47. The van der Waals surface area contributed by atoms with Gasteiger partial charge in [0.2, 0.25) is 0 Å². The largest absolute Gasteiger partial charge is 0.334 e. The van der Waals surface area contributed by atoms with Gasteiger partial charge in [-0.25, -0.2) is 0 Å². The normalized spacial score (nSPS) is 18.5. The van der Waals surface area contributed by atoms with E-state index in [9.17, 15) is 4.79 Å². The summed E-state index contributed by atoms with van der Waals surface area (Å²) in [5.74, 6) is 0.355. The molecule has 0 atom stereocenters. The number of nitrogens with zero attached hydrogens (tertiary/aromatic N) is 2. The van der Waals surface area contributed by atoms with Gasteiger partial charge in [-0.05, 0) is 18.1 Å². The summed E-state index contributed by atoms with van der Waals surface area (Å²) in [5, 5.41) is 9.88. The first-order valence-corrected chi connectivity index (χ1v) is 6.45. The molecule has 1 aromatic rings. The van der Waals surface area contributed by atoms with Crippen molar-refractivity contribution in [1.29, 1.82) is 5.26 Å². The zero-order valence-corrected chi connectivity index (χ0v) is 9.96. The van der Waals surface area contributed by atoms with Crippen LogP contribution in [0.4, 0.5) is 5.69 Å². The number of ketones is 1. The lowest BCUT2D eigenvalue weighted by molar-refractivity contribution is -0.112. The van der Waals surface area contributed by atoms with Crippen molar-refractivity contribution in [3.05, 3.63) is 40.4 Å². The van der Waals surface area contributed by atoms with Crippen molar-refractivity contribution < 1.29 is 4.79 Å². The van der Waals surface area contributed by atoms with Crippen molar-refractivity contribution in [2.45, 2.75) is 6.42 Å². The summed E-state index contributed by atoms with van der Waals surface area (Å²) < 4.78 is 0. The Morgan fingerprint density at radius 2 is 2.18 bits per heavy atom. The van der Waals surface area contributed by atoms with Crippen molar-refractivity contribution in [3.8, 4) is 6.07 Å². The summed E-state index contributed by atoms with van der Waals surface area (Å²) >= 11 is 1.48. The molecule has 0 unspecified atom stereocenters. The second kappa shape index (κ2) is 3.94. The third-order valence-corrected chi connectivity index (χ3v) is 4.18. The monoisotopic (exact) mass is 242 g/mol. The van der Waals surface area contributed by atoms with E-state index in [0.717, 1.165) is 23.7 Å². The number of nitriles is 1. The topological polar surface area (TPSA) is 44.1 Å². The number of Topliss-reactive ketones (excluding diaryl/α,β-unsaturated/α-hetero) is 1. The van der Waals surface area contributed by atoms with Crippen LogP contribution >= 0.6 is 11.8 Å². The number of allylic oxidation sites excluding steroid dienone is 1. The van der Waals surface area contributed by atoms with Crippen molar-refractivity contribution >= 4 is 23.2 Å². The number of carbonyl (C=O) groups is 1. The van der Waals surface area contributed by atoms with Gasteiger partial charge in [-0.2, -0.15) is 5.26 Å². The molecule has 0 spiro atoms. The van der Waals surface area contributed by atoms with Gasteiger partial charge in [0.25, 0.3) is 0 Å². The Balaban J connectivity index is 2.06. The molecule has 0 saturated heterocycles. The van der Waals surface area contributed by atoms with Crippen molar-refractivity contribution in [2.24, 2.45) is 0 Å². The third kappa shape index (κ3) is 1.55. The Morgan fingerprint density at radius 1 is 1.35 bits per heavy atom. The molecule has 3 rings (SSSR count). The molecule has 0 aliphatic carbocycles. The zero-order chi connectivity index (χ0) is 11.8. The average molecular weight is 242 g/mol. The molecule has 0 aromatic heterocycles. The van der Waals surface area contributed by atoms with Gasteiger partial charge in [-0.15, -0.1) is 0 Å². The molecule has 2 aliphatic heterocycles. The predicted octanol–water partition coefficient (Wildman–Crippen LogP) is 2.10. The highest BCUT2D eigenvalue weighted by atomic mass is 32.2. The van der Waals surface area contributed by atoms with Gasteiger partial charge < -0.3 is 4.90 Å². The second-order valence-corrected chi connectivity index (χ2v) is 5.00. The molecule has 1 aromatic carbocycles. The summed E-state index contributed by atoms with van der Waals surface area (Å²) in [7, 11) is 0. The lowest BCUT2D eigenvalue weighted by atomic mass is 10.2. The summed E-state index contributed by atoms with van der Waals surface area (Å²) in [6, 6.07) is 10.2. The van der Waals surface area contributed by atoms with Crippen LogP contribution < -0.4 is 4.90 Å². The van der Waals surface area contributed by atoms with E-state index in [1.54, 1.807) is 0 Å². The first-order chi connectivity index (χ1) is 8.31. The summed E-state index contributed by atoms with van der Waals surface area (Å²) in [6.45, 7) is 0.861. The van der Waals surface area contributed by atoms with Gasteiger partial charge in [-0.1, -0.05) is 30.0 Å². The lowest BCUT2D eigenvalue weighted by Crippen LogP contribution is -2.18. The molecule has 0 bridgehead atoms. The minimum Gasteiger partial charge on any atom is -0.334 e. The fraction of sp³-hybridized carbons (Fsp3) is 0.231.